The summed E-state index contributed by atoms with van der Waals surface area (Å²) in [7, 11) is 0. The van der Waals surface area contributed by atoms with Gasteiger partial charge >= 0.3 is 0 Å². The Labute approximate surface area is 46.8 Å². The van der Waals surface area contributed by atoms with Crippen LogP contribution < -0.4 is 4.72 Å². The number of rotatable bonds is 0. The summed E-state index contributed by atoms with van der Waals surface area (Å²) >= 11 is 1.38. The van der Waals surface area contributed by atoms with Gasteiger partial charge < -0.3 is 0 Å². The molecule has 1 aliphatic heterocycles. The van der Waals surface area contributed by atoms with Gasteiger partial charge in [-0.1, -0.05) is 0 Å². The minimum atomic E-state index is 0.0521. The molecule has 2 nitrogen and oxygen atoms in total. The summed E-state index contributed by atoms with van der Waals surface area (Å²) in [5.41, 5.74) is 0. The molecular weight excluding hydrogens is 110 g/mol. The Morgan fingerprint density at radius 1 is 1.71 bits per heavy atom. The second-order valence-electron chi connectivity index (χ2n) is 1.42. The molecule has 1 radical (unpaired) electrons. The van der Waals surface area contributed by atoms with E-state index in [-0.39, 0.29) is 5.91 Å². The van der Waals surface area contributed by atoms with Crippen molar-refractivity contribution in [3.63, 3.8) is 0 Å². The van der Waals surface area contributed by atoms with E-state index in [4.69, 9.17) is 0 Å². The minimum absolute atomic E-state index is 0.0521. The molecule has 0 spiro atoms. The second kappa shape index (κ2) is 2.21. The van der Waals surface area contributed by atoms with Gasteiger partial charge in [-0.2, -0.15) is 4.72 Å². The Morgan fingerprint density at radius 3 is 2.86 bits per heavy atom. The molecule has 1 saturated heterocycles. The SMILES string of the molecule is O=C1CCCS[N]1. The van der Waals surface area contributed by atoms with Crippen molar-refractivity contribution in [1.82, 2.24) is 4.72 Å². The molecule has 3 heteroatoms. The first-order chi connectivity index (χ1) is 3.39. The molecule has 7 heavy (non-hydrogen) atoms. The van der Waals surface area contributed by atoms with E-state index in [0.717, 1.165) is 12.2 Å². The average molecular weight is 116 g/mol. The van der Waals surface area contributed by atoms with Crippen LogP contribution in [0.3, 0.4) is 0 Å². The molecule has 0 aromatic rings. The molecule has 0 atom stereocenters. The van der Waals surface area contributed by atoms with Gasteiger partial charge in [0.1, 0.15) is 0 Å². The molecule has 0 unspecified atom stereocenters. The highest BCUT2D eigenvalue weighted by Crippen LogP contribution is 2.08. The van der Waals surface area contributed by atoms with Crippen LogP contribution in [0, 0.1) is 0 Å². The average Bonchev–Trinajstić information content (AvgIpc) is 1.69. The normalized spacial score (nSPS) is 21.4. The standard InChI is InChI=1S/C4H6NOS/c6-4-2-1-3-7-5-4/h1-3H2. The molecule has 1 amide bonds. The number of amides is 1. The summed E-state index contributed by atoms with van der Waals surface area (Å²) < 4.78 is 3.61. The van der Waals surface area contributed by atoms with Crippen LogP contribution in [-0.2, 0) is 4.79 Å². The smallest absolute Gasteiger partial charge is 0.252 e. The van der Waals surface area contributed by atoms with Crippen molar-refractivity contribution >= 4 is 17.9 Å². The molecule has 0 aromatic carbocycles. The molecule has 39 valence electrons. The van der Waals surface area contributed by atoms with Crippen molar-refractivity contribution in [3.8, 4) is 0 Å². The summed E-state index contributed by atoms with van der Waals surface area (Å²) in [6.45, 7) is 0. The number of hydrogen-bond acceptors (Lipinski definition) is 2. The lowest BCUT2D eigenvalue weighted by atomic mass is 10.3. The van der Waals surface area contributed by atoms with Crippen LogP contribution >= 0.6 is 11.9 Å². The van der Waals surface area contributed by atoms with E-state index in [2.05, 4.69) is 4.72 Å². The monoisotopic (exact) mass is 116 g/mol. The van der Waals surface area contributed by atoms with Crippen LogP contribution in [0.5, 0.6) is 0 Å². The molecule has 0 N–H and O–H groups in total. The molecule has 1 rings (SSSR count). The molecule has 0 aromatic heterocycles. The van der Waals surface area contributed by atoms with E-state index in [9.17, 15) is 4.79 Å². The molecule has 0 bridgehead atoms. The first-order valence-corrected chi connectivity index (χ1v) is 3.20. The highest BCUT2D eigenvalue weighted by atomic mass is 32.2. The predicted octanol–water partition coefficient (Wildman–Crippen LogP) is 0.559. The third kappa shape index (κ3) is 1.39. The Balaban J connectivity index is 2.25. The van der Waals surface area contributed by atoms with Gasteiger partial charge in [0, 0.05) is 12.2 Å². The zero-order chi connectivity index (χ0) is 5.11. The van der Waals surface area contributed by atoms with Crippen molar-refractivity contribution in [2.45, 2.75) is 12.8 Å². The zero-order valence-corrected chi connectivity index (χ0v) is 4.70. The van der Waals surface area contributed by atoms with Gasteiger partial charge in [0.25, 0.3) is 5.91 Å². The molecule has 0 saturated carbocycles. The highest BCUT2D eigenvalue weighted by molar-refractivity contribution is 7.97. The third-order valence-electron chi connectivity index (χ3n) is 0.793. The van der Waals surface area contributed by atoms with Gasteiger partial charge in [0.2, 0.25) is 0 Å². The Bertz CT molecular complexity index is 75.8. The Morgan fingerprint density at radius 2 is 2.57 bits per heavy atom. The second-order valence-corrected chi connectivity index (χ2v) is 2.27. The lowest BCUT2D eigenvalue weighted by molar-refractivity contribution is -0.119. The van der Waals surface area contributed by atoms with Crippen molar-refractivity contribution in [3.05, 3.63) is 0 Å². The molecule has 1 fully saturated rings. The molecular formula is C4H6NOS. The van der Waals surface area contributed by atoms with Gasteiger partial charge in [0.15, 0.2) is 0 Å². The summed E-state index contributed by atoms with van der Waals surface area (Å²) in [5, 5.41) is 0. The number of carbonyl (C=O) groups excluding carboxylic acids is 1. The summed E-state index contributed by atoms with van der Waals surface area (Å²) in [6, 6.07) is 0. The Kier molecular flexibility index (Phi) is 1.57. The fraction of sp³-hybridized carbons (Fsp3) is 0.750. The topological polar surface area (TPSA) is 31.2 Å². The summed E-state index contributed by atoms with van der Waals surface area (Å²) in [4.78, 5) is 10.3. The quantitative estimate of drug-likeness (QED) is 0.433. The minimum Gasteiger partial charge on any atom is -0.272 e. The fourth-order valence-corrected chi connectivity index (χ4v) is 1.05. The molecule has 1 aliphatic rings. The Hall–Kier alpha value is -0.180. The summed E-state index contributed by atoms with van der Waals surface area (Å²) in [6.07, 6.45) is 1.67. The van der Waals surface area contributed by atoms with E-state index in [1.54, 1.807) is 0 Å². The van der Waals surface area contributed by atoms with E-state index >= 15 is 0 Å². The van der Waals surface area contributed by atoms with Crippen LogP contribution in [0.4, 0.5) is 0 Å². The van der Waals surface area contributed by atoms with E-state index in [1.807, 2.05) is 0 Å². The largest absolute Gasteiger partial charge is 0.272 e. The lowest BCUT2D eigenvalue weighted by Gasteiger charge is -2.04. The van der Waals surface area contributed by atoms with E-state index < -0.39 is 0 Å². The van der Waals surface area contributed by atoms with Crippen molar-refractivity contribution < 1.29 is 4.79 Å². The predicted molar refractivity (Wildman–Crippen MR) is 28.8 cm³/mol. The van der Waals surface area contributed by atoms with Gasteiger partial charge in [-0.3, -0.25) is 4.79 Å². The lowest BCUT2D eigenvalue weighted by Crippen LogP contribution is -2.13. The van der Waals surface area contributed by atoms with Crippen LogP contribution in [0.2, 0.25) is 0 Å². The van der Waals surface area contributed by atoms with Crippen molar-refractivity contribution in [1.29, 1.82) is 0 Å². The zero-order valence-electron chi connectivity index (χ0n) is 3.89. The highest BCUT2D eigenvalue weighted by Gasteiger charge is 2.07. The van der Waals surface area contributed by atoms with Crippen molar-refractivity contribution in [2.75, 3.05) is 5.75 Å². The van der Waals surface area contributed by atoms with Gasteiger partial charge in [-0.05, 0) is 18.4 Å². The van der Waals surface area contributed by atoms with Crippen LogP contribution in [0.15, 0.2) is 0 Å². The first kappa shape index (κ1) is 4.97. The van der Waals surface area contributed by atoms with Crippen LogP contribution in [0.1, 0.15) is 12.8 Å². The number of carbonyl (C=O) groups is 1. The van der Waals surface area contributed by atoms with Crippen molar-refractivity contribution in [2.24, 2.45) is 0 Å². The van der Waals surface area contributed by atoms with E-state index in [0.29, 0.717) is 6.42 Å². The van der Waals surface area contributed by atoms with Gasteiger partial charge in [-0.15, -0.1) is 0 Å². The number of nitrogens with zero attached hydrogens (tertiary/aromatic N) is 1. The maximum atomic E-state index is 10.3. The van der Waals surface area contributed by atoms with Gasteiger partial charge in [-0.25, -0.2) is 0 Å². The third-order valence-corrected chi connectivity index (χ3v) is 1.60. The molecule has 0 aliphatic carbocycles. The molecule has 1 heterocycles. The van der Waals surface area contributed by atoms with Crippen LogP contribution in [-0.4, -0.2) is 11.7 Å². The maximum Gasteiger partial charge on any atom is 0.252 e. The fourth-order valence-electron chi connectivity index (χ4n) is 0.451. The van der Waals surface area contributed by atoms with E-state index in [1.165, 1.54) is 11.9 Å². The van der Waals surface area contributed by atoms with Gasteiger partial charge in [0.05, 0.1) is 0 Å². The summed E-state index contributed by atoms with van der Waals surface area (Å²) in [5.74, 6) is 1.07. The maximum absolute atomic E-state index is 10.3. The number of hydrogen-bond donors (Lipinski definition) is 0. The first-order valence-electron chi connectivity index (χ1n) is 2.25. The van der Waals surface area contributed by atoms with Crippen LogP contribution in [0.25, 0.3) is 0 Å².